The van der Waals surface area contributed by atoms with Gasteiger partial charge in [-0.15, -0.1) is 0 Å². The molecule has 0 heterocycles. The van der Waals surface area contributed by atoms with Crippen molar-refractivity contribution in [3.8, 4) is 5.75 Å². The third-order valence-corrected chi connectivity index (χ3v) is 4.31. The summed E-state index contributed by atoms with van der Waals surface area (Å²) in [5, 5.41) is 0. The minimum Gasteiger partial charge on any atom is -0.489 e. The molecule has 0 spiro atoms. The van der Waals surface area contributed by atoms with Crippen LogP contribution in [-0.2, 0) is 13.0 Å². The zero-order chi connectivity index (χ0) is 15.4. The molecule has 0 amide bonds. The van der Waals surface area contributed by atoms with E-state index in [2.05, 4.69) is 54.0 Å². The first-order chi connectivity index (χ1) is 9.95. The largest absolute Gasteiger partial charge is 0.489 e. The Labute approximate surface area is 135 Å². The summed E-state index contributed by atoms with van der Waals surface area (Å²) in [5.41, 5.74) is 10.9. The molecule has 2 rings (SSSR count). The van der Waals surface area contributed by atoms with Crippen molar-refractivity contribution in [3.05, 3.63) is 63.1 Å². The molecule has 0 bridgehead atoms. The molecule has 0 aliphatic rings. The summed E-state index contributed by atoms with van der Waals surface area (Å²) in [6.45, 7) is 6.84. The molecule has 112 valence electrons. The van der Waals surface area contributed by atoms with Gasteiger partial charge in [-0.25, -0.2) is 0 Å². The Morgan fingerprint density at radius 2 is 1.86 bits per heavy atom. The maximum atomic E-state index is 5.90. The van der Waals surface area contributed by atoms with Crippen LogP contribution >= 0.6 is 15.9 Å². The van der Waals surface area contributed by atoms with Gasteiger partial charge in [0.1, 0.15) is 12.4 Å². The van der Waals surface area contributed by atoms with Crippen molar-refractivity contribution in [2.24, 2.45) is 5.73 Å². The number of hydrogen-bond donors (Lipinski definition) is 1. The van der Waals surface area contributed by atoms with Crippen LogP contribution in [0, 0.1) is 13.8 Å². The number of halogens is 1. The third-order valence-electron chi connectivity index (χ3n) is 3.54. The van der Waals surface area contributed by atoms with Gasteiger partial charge in [0.05, 0.1) is 0 Å². The van der Waals surface area contributed by atoms with Gasteiger partial charge < -0.3 is 10.5 Å². The highest BCUT2D eigenvalue weighted by molar-refractivity contribution is 9.10. The Balaban J connectivity index is 2.07. The minimum atomic E-state index is 0.135. The molecular weight excluding hydrogens is 326 g/mol. The monoisotopic (exact) mass is 347 g/mol. The number of aryl methyl sites for hydroxylation is 2. The topological polar surface area (TPSA) is 35.2 Å². The van der Waals surface area contributed by atoms with Crippen LogP contribution in [-0.4, -0.2) is 6.04 Å². The first-order valence-electron chi connectivity index (χ1n) is 7.18. The first kappa shape index (κ1) is 16.1. The summed E-state index contributed by atoms with van der Waals surface area (Å²) in [5.74, 6) is 0.882. The van der Waals surface area contributed by atoms with Gasteiger partial charge in [0.15, 0.2) is 0 Å². The molecular formula is C18H22BrNO. The van der Waals surface area contributed by atoms with Gasteiger partial charge >= 0.3 is 0 Å². The fraction of sp³-hybridized carbons (Fsp3) is 0.333. The second kappa shape index (κ2) is 7.10. The smallest absolute Gasteiger partial charge is 0.120 e. The fourth-order valence-corrected chi connectivity index (χ4v) is 2.61. The van der Waals surface area contributed by atoms with Gasteiger partial charge in [-0.05, 0) is 67.6 Å². The SMILES string of the molecule is Cc1ccc(COc2ccc(Br)c(CC(C)N)c2)cc1C. The molecule has 2 aromatic carbocycles. The Morgan fingerprint density at radius 1 is 1.10 bits per heavy atom. The molecule has 0 saturated heterocycles. The normalized spacial score (nSPS) is 12.2. The van der Waals surface area contributed by atoms with E-state index in [1.165, 1.54) is 22.3 Å². The lowest BCUT2D eigenvalue weighted by molar-refractivity contribution is 0.305. The quantitative estimate of drug-likeness (QED) is 0.861. The number of ether oxygens (including phenoxy) is 1. The minimum absolute atomic E-state index is 0.135. The highest BCUT2D eigenvalue weighted by Gasteiger charge is 2.06. The van der Waals surface area contributed by atoms with E-state index in [9.17, 15) is 0 Å². The van der Waals surface area contributed by atoms with E-state index in [4.69, 9.17) is 10.5 Å². The number of benzene rings is 2. The van der Waals surface area contributed by atoms with Crippen molar-refractivity contribution < 1.29 is 4.74 Å². The lowest BCUT2D eigenvalue weighted by Gasteiger charge is -2.12. The van der Waals surface area contributed by atoms with Gasteiger partial charge in [0.2, 0.25) is 0 Å². The van der Waals surface area contributed by atoms with Crippen molar-refractivity contribution in [1.29, 1.82) is 0 Å². The third kappa shape index (κ3) is 4.58. The summed E-state index contributed by atoms with van der Waals surface area (Å²) in [4.78, 5) is 0. The van der Waals surface area contributed by atoms with Crippen molar-refractivity contribution in [1.82, 2.24) is 0 Å². The summed E-state index contributed by atoms with van der Waals surface area (Å²) in [7, 11) is 0. The average Bonchev–Trinajstić information content (AvgIpc) is 2.43. The molecule has 2 nitrogen and oxygen atoms in total. The molecule has 0 radical (unpaired) electrons. The molecule has 21 heavy (non-hydrogen) atoms. The summed E-state index contributed by atoms with van der Waals surface area (Å²) in [6, 6.07) is 12.6. The molecule has 3 heteroatoms. The van der Waals surface area contributed by atoms with Gasteiger partial charge in [0, 0.05) is 10.5 Å². The predicted molar refractivity (Wildman–Crippen MR) is 91.7 cm³/mol. The molecule has 1 atom stereocenters. The highest BCUT2D eigenvalue weighted by Crippen LogP contribution is 2.24. The fourth-order valence-electron chi connectivity index (χ4n) is 2.20. The van der Waals surface area contributed by atoms with Gasteiger partial charge in [0.25, 0.3) is 0 Å². The second-order valence-electron chi connectivity index (χ2n) is 5.64. The highest BCUT2D eigenvalue weighted by atomic mass is 79.9. The van der Waals surface area contributed by atoms with Gasteiger partial charge in [-0.2, -0.15) is 0 Å². The van der Waals surface area contributed by atoms with Crippen LogP contribution in [0.15, 0.2) is 40.9 Å². The van der Waals surface area contributed by atoms with Crippen LogP contribution in [0.3, 0.4) is 0 Å². The van der Waals surface area contributed by atoms with E-state index in [-0.39, 0.29) is 6.04 Å². The molecule has 2 aromatic rings. The van der Waals surface area contributed by atoms with Crippen molar-refractivity contribution in [2.75, 3.05) is 0 Å². The van der Waals surface area contributed by atoms with Crippen molar-refractivity contribution >= 4 is 15.9 Å². The second-order valence-corrected chi connectivity index (χ2v) is 6.50. The molecule has 2 N–H and O–H groups in total. The van der Waals surface area contributed by atoms with E-state index in [0.717, 1.165) is 16.6 Å². The van der Waals surface area contributed by atoms with Gasteiger partial charge in [-0.1, -0.05) is 34.1 Å². The Kier molecular flexibility index (Phi) is 5.43. The van der Waals surface area contributed by atoms with Crippen molar-refractivity contribution in [3.63, 3.8) is 0 Å². The molecule has 0 saturated carbocycles. The summed E-state index contributed by atoms with van der Waals surface area (Å²) >= 11 is 3.56. The van der Waals surface area contributed by atoms with Crippen molar-refractivity contribution in [2.45, 2.75) is 39.8 Å². The molecule has 0 aromatic heterocycles. The van der Waals surface area contributed by atoms with E-state index in [1.54, 1.807) is 0 Å². The van der Waals surface area contributed by atoms with Crippen LogP contribution in [0.1, 0.15) is 29.2 Å². The molecule has 1 unspecified atom stereocenters. The standard InChI is InChI=1S/C18H22BrNO/c1-12-4-5-15(8-13(12)2)11-21-17-6-7-18(19)16(10-17)9-14(3)20/h4-8,10,14H,9,11,20H2,1-3H3. The predicted octanol–water partition coefficient (Wildman–Crippen LogP) is 4.53. The maximum absolute atomic E-state index is 5.90. The molecule has 0 aliphatic heterocycles. The van der Waals surface area contributed by atoms with E-state index in [1.807, 2.05) is 19.1 Å². The Hall–Kier alpha value is -1.32. The average molecular weight is 348 g/mol. The number of rotatable bonds is 5. The van der Waals surface area contributed by atoms with Crippen LogP contribution in [0.25, 0.3) is 0 Å². The Bertz CT molecular complexity index is 623. The van der Waals surface area contributed by atoms with Crippen LogP contribution in [0.5, 0.6) is 5.75 Å². The van der Waals surface area contributed by atoms with E-state index >= 15 is 0 Å². The molecule has 0 fully saturated rings. The lowest BCUT2D eigenvalue weighted by atomic mass is 10.1. The van der Waals surface area contributed by atoms with Crippen LogP contribution in [0.2, 0.25) is 0 Å². The number of nitrogens with two attached hydrogens (primary N) is 1. The maximum Gasteiger partial charge on any atom is 0.120 e. The van der Waals surface area contributed by atoms with E-state index < -0.39 is 0 Å². The lowest BCUT2D eigenvalue weighted by Crippen LogP contribution is -2.18. The van der Waals surface area contributed by atoms with Crippen LogP contribution in [0.4, 0.5) is 0 Å². The number of hydrogen-bond acceptors (Lipinski definition) is 2. The summed E-state index contributed by atoms with van der Waals surface area (Å²) < 4.78 is 6.98. The Morgan fingerprint density at radius 3 is 2.52 bits per heavy atom. The first-order valence-corrected chi connectivity index (χ1v) is 7.98. The van der Waals surface area contributed by atoms with E-state index in [0.29, 0.717) is 6.61 Å². The zero-order valence-electron chi connectivity index (χ0n) is 12.8. The zero-order valence-corrected chi connectivity index (χ0v) is 14.4. The molecule has 0 aliphatic carbocycles. The van der Waals surface area contributed by atoms with Gasteiger partial charge in [-0.3, -0.25) is 0 Å². The van der Waals surface area contributed by atoms with Crippen LogP contribution < -0.4 is 10.5 Å². The summed E-state index contributed by atoms with van der Waals surface area (Å²) in [6.07, 6.45) is 0.835.